The maximum absolute atomic E-state index is 12.2. The number of carbonyl (C=O) groups excluding carboxylic acids is 1. The fourth-order valence-corrected chi connectivity index (χ4v) is 2.56. The third-order valence-corrected chi connectivity index (χ3v) is 4.02. The van der Waals surface area contributed by atoms with Crippen molar-refractivity contribution < 1.29 is 4.79 Å². The van der Waals surface area contributed by atoms with Gasteiger partial charge in [0.1, 0.15) is 11.4 Å². The molecule has 0 saturated carbocycles. The number of anilines is 1. The highest BCUT2D eigenvalue weighted by molar-refractivity contribution is 5.93. The van der Waals surface area contributed by atoms with Gasteiger partial charge >= 0.3 is 0 Å². The van der Waals surface area contributed by atoms with Crippen LogP contribution in [0.3, 0.4) is 0 Å². The van der Waals surface area contributed by atoms with E-state index in [1.54, 1.807) is 16.8 Å². The molecule has 1 aliphatic heterocycles. The molecule has 0 aromatic carbocycles. The number of amides is 1. The van der Waals surface area contributed by atoms with Gasteiger partial charge in [-0.1, -0.05) is 6.92 Å². The van der Waals surface area contributed by atoms with Crippen LogP contribution in [-0.4, -0.2) is 39.6 Å². The van der Waals surface area contributed by atoms with Crippen LogP contribution in [0.4, 0.5) is 5.69 Å². The zero-order valence-electron chi connectivity index (χ0n) is 12.5. The second-order valence-corrected chi connectivity index (χ2v) is 5.59. The van der Waals surface area contributed by atoms with Gasteiger partial charge in [-0.15, -0.1) is 0 Å². The Hall–Kier alpha value is -2.11. The minimum absolute atomic E-state index is 0.125. The van der Waals surface area contributed by atoms with Crippen molar-refractivity contribution in [1.29, 1.82) is 0 Å². The summed E-state index contributed by atoms with van der Waals surface area (Å²) < 4.78 is 1.73. The molecule has 21 heavy (non-hydrogen) atoms. The summed E-state index contributed by atoms with van der Waals surface area (Å²) in [6.45, 7) is 6.10. The van der Waals surface area contributed by atoms with Crippen LogP contribution in [0.25, 0.3) is 5.65 Å². The summed E-state index contributed by atoms with van der Waals surface area (Å²) in [4.78, 5) is 19.0. The second kappa shape index (κ2) is 5.71. The van der Waals surface area contributed by atoms with Crippen LogP contribution in [-0.2, 0) is 0 Å². The average molecular weight is 287 g/mol. The Balaban J connectivity index is 1.91. The fourth-order valence-electron chi connectivity index (χ4n) is 2.56. The first kappa shape index (κ1) is 13.9. The van der Waals surface area contributed by atoms with Crippen LogP contribution < -0.4 is 10.2 Å². The van der Waals surface area contributed by atoms with Crippen LogP contribution in [0.1, 0.15) is 43.6 Å². The van der Waals surface area contributed by atoms with Gasteiger partial charge in [0.15, 0.2) is 5.65 Å². The number of aromatic nitrogens is 3. The number of rotatable bonds is 4. The summed E-state index contributed by atoms with van der Waals surface area (Å²) in [5.41, 5.74) is 2.23. The van der Waals surface area contributed by atoms with Gasteiger partial charge in [-0.3, -0.25) is 4.79 Å². The van der Waals surface area contributed by atoms with Crippen LogP contribution in [0, 0.1) is 0 Å². The Morgan fingerprint density at radius 3 is 2.90 bits per heavy atom. The lowest BCUT2D eigenvalue weighted by molar-refractivity contribution is 0.0934. The largest absolute Gasteiger partial charge is 0.367 e. The van der Waals surface area contributed by atoms with Gasteiger partial charge in [0.25, 0.3) is 5.91 Å². The molecule has 6 heteroatoms. The molecule has 2 aromatic rings. The van der Waals surface area contributed by atoms with Crippen molar-refractivity contribution in [1.82, 2.24) is 19.9 Å². The van der Waals surface area contributed by atoms with E-state index in [0.717, 1.165) is 30.8 Å². The van der Waals surface area contributed by atoms with Gasteiger partial charge in [-0.25, -0.2) is 9.50 Å². The van der Waals surface area contributed by atoms with E-state index in [1.165, 1.54) is 12.8 Å². The molecule has 0 bridgehead atoms. The average Bonchev–Trinajstić information content (AvgIpc) is 3.14. The van der Waals surface area contributed by atoms with E-state index in [2.05, 4.69) is 20.3 Å². The molecule has 112 valence electrons. The summed E-state index contributed by atoms with van der Waals surface area (Å²) in [5.74, 6) is -0.125. The number of hydrogen-bond donors (Lipinski definition) is 1. The molecule has 1 N–H and O–H groups in total. The third-order valence-electron chi connectivity index (χ3n) is 4.02. The zero-order chi connectivity index (χ0) is 14.8. The van der Waals surface area contributed by atoms with Gasteiger partial charge in [-0.05, 0) is 32.3 Å². The molecule has 3 heterocycles. The highest BCUT2D eigenvalue weighted by atomic mass is 16.1. The summed E-state index contributed by atoms with van der Waals surface area (Å²) in [6.07, 6.45) is 6.94. The molecule has 0 spiro atoms. The predicted octanol–water partition coefficient (Wildman–Crippen LogP) is 1.86. The Morgan fingerprint density at radius 1 is 1.43 bits per heavy atom. The Labute approximate surface area is 124 Å². The number of carbonyl (C=O) groups is 1. The van der Waals surface area contributed by atoms with Gasteiger partial charge < -0.3 is 10.2 Å². The van der Waals surface area contributed by atoms with Crippen molar-refractivity contribution >= 4 is 17.2 Å². The molecule has 1 atom stereocenters. The lowest BCUT2D eigenvalue weighted by Crippen LogP contribution is -2.32. The molecular formula is C15H21N5O. The van der Waals surface area contributed by atoms with E-state index in [4.69, 9.17) is 0 Å². The zero-order valence-corrected chi connectivity index (χ0v) is 12.5. The van der Waals surface area contributed by atoms with Crippen LogP contribution in [0.5, 0.6) is 0 Å². The minimum Gasteiger partial charge on any atom is -0.367 e. The first-order valence-corrected chi connectivity index (χ1v) is 7.59. The second-order valence-electron chi connectivity index (χ2n) is 5.59. The summed E-state index contributed by atoms with van der Waals surface area (Å²) >= 11 is 0. The van der Waals surface area contributed by atoms with E-state index < -0.39 is 0 Å². The van der Waals surface area contributed by atoms with E-state index in [1.807, 2.05) is 20.0 Å². The maximum Gasteiger partial charge on any atom is 0.270 e. The molecule has 6 nitrogen and oxygen atoms in total. The molecular weight excluding hydrogens is 266 g/mol. The van der Waals surface area contributed by atoms with Crippen molar-refractivity contribution in [2.75, 3.05) is 18.0 Å². The minimum atomic E-state index is -0.125. The Bertz CT molecular complexity index is 645. The molecule has 1 amide bonds. The molecule has 1 unspecified atom stereocenters. The van der Waals surface area contributed by atoms with E-state index in [9.17, 15) is 4.79 Å². The fraction of sp³-hybridized carbons (Fsp3) is 0.533. The van der Waals surface area contributed by atoms with Gasteiger partial charge in [0.2, 0.25) is 0 Å². The van der Waals surface area contributed by atoms with Gasteiger partial charge in [0.05, 0.1) is 6.20 Å². The van der Waals surface area contributed by atoms with Crippen LogP contribution >= 0.6 is 0 Å². The normalized spacial score (nSPS) is 16.4. The number of nitrogens with zero attached hydrogens (tertiary/aromatic N) is 4. The van der Waals surface area contributed by atoms with Crippen molar-refractivity contribution in [3.63, 3.8) is 0 Å². The summed E-state index contributed by atoms with van der Waals surface area (Å²) in [5, 5.41) is 7.27. The van der Waals surface area contributed by atoms with Crippen LogP contribution in [0.2, 0.25) is 0 Å². The first-order valence-electron chi connectivity index (χ1n) is 7.59. The highest BCUT2D eigenvalue weighted by Crippen LogP contribution is 2.23. The topological polar surface area (TPSA) is 62.5 Å². The molecule has 1 fully saturated rings. The number of nitrogens with one attached hydrogen (secondary N) is 1. The Kier molecular flexibility index (Phi) is 3.77. The monoisotopic (exact) mass is 287 g/mol. The van der Waals surface area contributed by atoms with Gasteiger partial charge in [0, 0.05) is 25.3 Å². The van der Waals surface area contributed by atoms with Gasteiger partial charge in [-0.2, -0.15) is 5.10 Å². The van der Waals surface area contributed by atoms with Crippen molar-refractivity contribution in [3.8, 4) is 0 Å². The van der Waals surface area contributed by atoms with E-state index >= 15 is 0 Å². The molecule has 1 aliphatic rings. The first-order chi connectivity index (χ1) is 10.2. The molecule has 0 aliphatic carbocycles. The Morgan fingerprint density at radius 2 is 2.19 bits per heavy atom. The maximum atomic E-state index is 12.2. The third kappa shape index (κ3) is 2.70. The quantitative estimate of drug-likeness (QED) is 0.932. The standard InChI is InChI=1S/C15H21N5O/c1-3-11(2)17-15(21)12-6-9-20-14(18-12)13(10-16-20)19-7-4-5-8-19/h6,9-11H,3-5,7-8H2,1-2H3,(H,17,21). The number of hydrogen-bond acceptors (Lipinski definition) is 4. The van der Waals surface area contributed by atoms with Crippen molar-refractivity contribution in [2.45, 2.75) is 39.2 Å². The molecule has 3 rings (SSSR count). The van der Waals surface area contributed by atoms with Crippen molar-refractivity contribution in [3.05, 3.63) is 24.2 Å². The van der Waals surface area contributed by atoms with Crippen LogP contribution in [0.15, 0.2) is 18.5 Å². The SMILES string of the molecule is CCC(C)NC(=O)c1ccn2ncc(N3CCCC3)c2n1. The lowest BCUT2D eigenvalue weighted by Gasteiger charge is -2.15. The van der Waals surface area contributed by atoms with Crippen molar-refractivity contribution in [2.24, 2.45) is 0 Å². The molecule has 1 saturated heterocycles. The number of fused-ring (bicyclic) bond motifs is 1. The predicted molar refractivity (Wildman–Crippen MR) is 81.7 cm³/mol. The summed E-state index contributed by atoms with van der Waals surface area (Å²) in [7, 11) is 0. The molecule has 2 aromatic heterocycles. The summed E-state index contributed by atoms with van der Waals surface area (Å²) in [6, 6.07) is 1.87. The van der Waals surface area contributed by atoms with E-state index in [0.29, 0.717) is 5.69 Å². The molecule has 0 radical (unpaired) electrons. The highest BCUT2D eigenvalue weighted by Gasteiger charge is 2.19. The van der Waals surface area contributed by atoms with E-state index in [-0.39, 0.29) is 11.9 Å². The smallest absolute Gasteiger partial charge is 0.270 e. The lowest BCUT2D eigenvalue weighted by atomic mass is 10.2.